The number of carboxylic acids is 1. The van der Waals surface area contributed by atoms with Crippen LogP contribution < -0.4 is 10.3 Å². The van der Waals surface area contributed by atoms with E-state index in [9.17, 15) is 14.7 Å². The molecule has 3 aromatic rings. The zero-order valence-corrected chi connectivity index (χ0v) is 15.9. The van der Waals surface area contributed by atoms with Gasteiger partial charge in [0.2, 0.25) is 0 Å². The number of nitrogens with zero attached hydrogens (tertiary/aromatic N) is 2. The summed E-state index contributed by atoms with van der Waals surface area (Å²) in [4.78, 5) is 30.9. The third-order valence-electron chi connectivity index (χ3n) is 4.57. The molecule has 1 unspecified atom stereocenters. The van der Waals surface area contributed by atoms with Crippen LogP contribution in [-0.4, -0.2) is 27.7 Å². The molecule has 0 amide bonds. The fourth-order valence-electron chi connectivity index (χ4n) is 2.91. The summed E-state index contributed by atoms with van der Waals surface area (Å²) in [5.74, 6) is 0.121. The van der Waals surface area contributed by atoms with E-state index in [1.165, 1.54) is 22.8 Å². The predicted molar refractivity (Wildman–Crippen MR) is 102 cm³/mol. The van der Waals surface area contributed by atoms with Crippen LogP contribution in [0.3, 0.4) is 0 Å². The van der Waals surface area contributed by atoms with E-state index < -0.39 is 12.0 Å². The molecule has 0 fully saturated rings. The van der Waals surface area contributed by atoms with E-state index in [1.54, 1.807) is 7.11 Å². The number of carbonyl (C=O) groups is 1. The smallest absolute Gasteiger partial charge is 0.326 e. The lowest BCUT2D eigenvalue weighted by atomic mass is 10.1. The number of hydrogen-bond donors (Lipinski definition) is 1. The summed E-state index contributed by atoms with van der Waals surface area (Å²) in [6.45, 7) is 5.31. The molecule has 1 atom stereocenters. The van der Waals surface area contributed by atoms with Crippen LogP contribution in [0.5, 0.6) is 5.75 Å². The molecule has 0 aliphatic heterocycles. The number of ether oxygens (including phenoxy) is 1. The molecule has 7 heteroatoms. The molecule has 1 aromatic carbocycles. The third-order valence-corrected chi connectivity index (χ3v) is 5.68. The molecule has 0 aliphatic rings. The lowest BCUT2D eigenvalue weighted by molar-refractivity contribution is -0.140. The van der Waals surface area contributed by atoms with Crippen molar-refractivity contribution in [2.75, 3.05) is 7.11 Å². The van der Waals surface area contributed by atoms with E-state index in [-0.39, 0.29) is 5.56 Å². The normalized spacial score (nSPS) is 12.3. The Kier molecular flexibility index (Phi) is 4.82. The SMILES string of the molecule is COc1ccc(Cc2nc3sc(C)c(C)c3c(=O)n2C(C)C(=O)O)cc1. The second-order valence-corrected chi connectivity index (χ2v) is 7.41. The fraction of sp³-hybridized carbons (Fsp3) is 0.316. The maximum absolute atomic E-state index is 13.1. The first-order chi connectivity index (χ1) is 12.3. The number of aliphatic carboxylic acids is 1. The predicted octanol–water partition coefficient (Wildman–Crippen LogP) is 3.32. The highest BCUT2D eigenvalue weighted by Crippen LogP contribution is 2.27. The number of methoxy groups -OCH3 is 1. The van der Waals surface area contributed by atoms with E-state index in [0.717, 1.165) is 21.8 Å². The molecule has 0 radical (unpaired) electrons. The summed E-state index contributed by atoms with van der Waals surface area (Å²) in [6.07, 6.45) is 0.364. The highest BCUT2D eigenvalue weighted by Gasteiger charge is 2.23. The molecule has 26 heavy (non-hydrogen) atoms. The molecule has 2 aromatic heterocycles. The molecule has 136 valence electrons. The summed E-state index contributed by atoms with van der Waals surface area (Å²) in [7, 11) is 1.60. The lowest BCUT2D eigenvalue weighted by Crippen LogP contribution is -2.32. The maximum Gasteiger partial charge on any atom is 0.326 e. The molecular formula is C19H20N2O4S. The van der Waals surface area contributed by atoms with Crippen LogP contribution in [0.15, 0.2) is 29.1 Å². The van der Waals surface area contributed by atoms with Crippen molar-refractivity contribution in [3.05, 3.63) is 56.4 Å². The molecule has 0 aliphatic carbocycles. The van der Waals surface area contributed by atoms with Crippen molar-refractivity contribution in [2.45, 2.75) is 33.2 Å². The van der Waals surface area contributed by atoms with E-state index >= 15 is 0 Å². The van der Waals surface area contributed by atoms with Crippen molar-refractivity contribution in [1.82, 2.24) is 9.55 Å². The molecular weight excluding hydrogens is 352 g/mol. The number of aryl methyl sites for hydroxylation is 2. The van der Waals surface area contributed by atoms with Crippen molar-refractivity contribution in [3.63, 3.8) is 0 Å². The number of aromatic nitrogens is 2. The third kappa shape index (κ3) is 3.10. The highest BCUT2D eigenvalue weighted by atomic mass is 32.1. The molecule has 6 nitrogen and oxygen atoms in total. The molecule has 2 heterocycles. The van der Waals surface area contributed by atoms with Crippen molar-refractivity contribution < 1.29 is 14.6 Å². The van der Waals surface area contributed by atoms with Crippen LogP contribution in [-0.2, 0) is 11.2 Å². The average Bonchev–Trinajstić information content (AvgIpc) is 2.89. The molecule has 0 saturated carbocycles. The van der Waals surface area contributed by atoms with Crippen LogP contribution in [0.25, 0.3) is 10.2 Å². The molecule has 0 spiro atoms. The van der Waals surface area contributed by atoms with Crippen LogP contribution in [0.2, 0.25) is 0 Å². The Morgan fingerprint density at radius 1 is 1.31 bits per heavy atom. The largest absolute Gasteiger partial charge is 0.497 e. The first kappa shape index (κ1) is 18.1. The van der Waals surface area contributed by atoms with E-state index in [0.29, 0.717) is 22.5 Å². The maximum atomic E-state index is 13.1. The fourth-order valence-corrected chi connectivity index (χ4v) is 3.95. The quantitative estimate of drug-likeness (QED) is 0.743. The second-order valence-electron chi connectivity index (χ2n) is 6.21. The van der Waals surface area contributed by atoms with Gasteiger partial charge >= 0.3 is 5.97 Å². The zero-order chi connectivity index (χ0) is 19.0. The Morgan fingerprint density at radius 3 is 2.54 bits per heavy atom. The van der Waals surface area contributed by atoms with Gasteiger partial charge in [0, 0.05) is 11.3 Å². The van der Waals surface area contributed by atoms with Gasteiger partial charge in [0.25, 0.3) is 5.56 Å². The minimum absolute atomic E-state index is 0.296. The van der Waals surface area contributed by atoms with Crippen molar-refractivity contribution in [2.24, 2.45) is 0 Å². The lowest BCUT2D eigenvalue weighted by Gasteiger charge is -2.16. The van der Waals surface area contributed by atoms with Crippen LogP contribution in [0.4, 0.5) is 0 Å². The standard InChI is InChI=1S/C19H20N2O4S/c1-10-12(3)26-17-16(10)18(22)21(11(2)19(23)24)15(20-17)9-13-5-7-14(25-4)8-6-13/h5-8,11H,9H2,1-4H3,(H,23,24). The molecule has 1 N–H and O–H groups in total. The van der Waals surface area contributed by atoms with Crippen LogP contribution in [0.1, 0.15) is 34.8 Å². The Bertz CT molecular complexity index is 1030. The first-order valence-electron chi connectivity index (χ1n) is 8.20. The van der Waals surface area contributed by atoms with Crippen LogP contribution >= 0.6 is 11.3 Å². The molecule has 3 rings (SSSR count). The van der Waals surface area contributed by atoms with E-state index in [1.807, 2.05) is 38.1 Å². The van der Waals surface area contributed by atoms with E-state index in [2.05, 4.69) is 4.98 Å². The number of rotatable bonds is 5. The number of fused-ring (bicyclic) bond motifs is 1. The number of benzene rings is 1. The molecule has 0 saturated heterocycles. The summed E-state index contributed by atoms with van der Waals surface area (Å²) >= 11 is 1.46. The van der Waals surface area contributed by atoms with Gasteiger partial charge in [-0.2, -0.15) is 0 Å². The Hall–Kier alpha value is -2.67. The highest BCUT2D eigenvalue weighted by molar-refractivity contribution is 7.18. The van der Waals surface area contributed by atoms with Gasteiger partial charge in [0.05, 0.1) is 12.5 Å². The first-order valence-corrected chi connectivity index (χ1v) is 9.02. The summed E-state index contributed by atoms with van der Waals surface area (Å²) in [5, 5.41) is 9.98. The van der Waals surface area contributed by atoms with Gasteiger partial charge in [-0.1, -0.05) is 12.1 Å². The van der Waals surface area contributed by atoms with Gasteiger partial charge in [-0.15, -0.1) is 11.3 Å². The monoisotopic (exact) mass is 372 g/mol. The summed E-state index contributed by atoms with van der Waals surface area (Å²) < 4.78 is 6.46. The zero-order valence-electron chi connectivity index (χ0n) is 15.1. The number of hydrogen-bond acceptors (Lipinski definition) is 5. The van der Waals surface area contributed by atoms with Crippen molar-refractivity contribution in [1.29, 1.82) is 0 Å². The van der Waals surface area contributed by atoms with Gasteiger partial charge in [0.15, 0.2) is 0 Å². The van der Waals surface area contributed by atoms with Gasteiger partial charge in [-0.25, -0.2) is 9.78 Å². The minimum atomic E-state index is -1.06. The van der Waals surface area contributed by atoms with Gasteiger partial charge in [-0.3, -0.25) is 9.36 Å². The Balaban J connectivity index is 2.19. The van der Waals surface area contributed by atoms with Gasteiger partial charge in [-0.05, 0) is 44.0 Å². The van der Waals surface area contributed by atoms with Crippen molar-refractivity contribution >= 4 is 27.5 Å². The number of thiophene rings is 1. The van der Waals surface area contributed by atoms with Gasteiger partial charge in [0.1, 0.15) is 22.4 Å². The minimum Gasteiger partial charge on any atom is -0.497 e. The van der Waals surface area contributed by atoms with E-state index in [4.69, 9.17) is 4.74 Å². The van der Waals surface area contributed by atoms with Gasteiger partial charge < -0.3 is 9.84 Å². The summed E-state index contributed by atoms with van der Waals surface area (Å²) in [5.41, 5.74) is 1.49. The Morgan fingerprint density at radius 2 is 1.96 bits per heavy atom. The number of carboxylic acid groups (broad SMARTS) is 1. The van der Waals surface area contributed by atoms with Crippen molar-refractivity contribution in [3.8, 4) is 5.75 Å². The summed E-state index contributed by atoms with van der Waals surface area (Å²) in [6, 6.07) is 6.44. The topological polar surface area (TPSA) is 81.4 Å². The van der Waals surface area contributed by atoms with Crippen LogP contribution in [0, 0.1) is 13.8 Å². The Labute approximate surface area is 154 Å². The average molecular weight is 372 g/mol. The second kappa shape index (κ2) is 6.92. The molecule has 0 bridgehead atoms.